The Morgan fingerprint density at radius 2 is 2.00 bits per heavy atom. The van der Waals surface area contributed by atoms with Crippen LogP contribution in [0.5, 0.6) is 5.75 Å². The summed E-state index contributed by atoms with van der Waals surface area (Å²) in [5.41, 5.74) is 8.29. The van der Waals surface area contributed by atoms with Crippen LogP contribution >= 0.6 is 0 Å². The van der Waals surface area contributed by atoms with Crippen LogP contribution in [0.1, 0.15) is 11.1 Å². The molecule has 20 heavy (non-hydrogen) atoms. The smallest absolute Gasteiger partial charge is 0.165 e. The molecule has 2 nitrogen and oxygen atoms in total. The average molecular weight is 275 g/mol. The average Bonchev–Trinajstić information content (AvgIpc) is 2.88. The number of hydrogen-bond donors (Lipinski definition) is 1. The Balaban J connectivity index is 2.22. The van der Waals surface area contributed by atoms with E-state index >= 15 is 0 Å². The first kappa shape index (κ1) is 13.1. The van der Waals surface area contributed by atoms with E-state index < -0.39 is 11.6 Å². The predicted molar refractivity (Wildman–Crippen MR) is 73.7 cm³/mol. The SMILES string of the molecule is Cc1ccccc1-c1cc(F)c(F)c2c1O[C@@H](CN)C2. The number of nitrogens with two attached hydrogens (primary N) is 1. The van der Waals surface area contributed by atoms with E-state index in [1.165, 1.54) is 6.07 Å². The molecule has 0 fully saturated rings. The monoisotopic (exact) mass is 275 g/mol. The maximum Gasteiger partial charge on any atom is 0.165 e. The molecule has 0 bridgehead atoms. The van der Waals surface area contributed by atoms with Crippen LogP contribution in [0.4, 0.5) is 8.78 Å². The van der Waals surface area contributed by atoms with Crippen molar-refractivity contribution in [1.29, 1.82) is 0 Å². The molecule has 4 heteroatoms. The van der Waals surface area contributed by atoms with Crippen LogP contribution in [0, 0.1) is 18.6 Å². The van der Waals surface area contributed by atoms with E-state index in [9.17, 15) is 8.78 Å². The van der Waals surface area contributed by atoms with Gasteiger partial charge in [0.25, 0.3) is 0 Å². The molecule has 0 saturated carbocycles. The number of halogens is 2. The first-order valence-corrected chi connectivity index (χ1v) is 6.55. The van der Waals surface area contributed by atoms with E-state index in [-0.39, 0.29) is 12.6 Å². The van der Waals surface area contributed by atoms with E-state index in [2.05, 4.69) is 0 Å². The van der Waals surface area contributed by atoms with Crippen molar-refractivity contribution < 1.29 is 13.5 Å². The van der Waals surface area contributed by atoms with Crippen molar-refractivity contribution in [3.05, 3.63) is 53.1 Å². The lowest BCUT2D eigenvalue weighted by atomic mass is 9.96. The number of fused-ring (bicyclic) bond motifs is 1. The summed E-state index contributed by atoms with van der Waals surface area (Å²) >= 11 is 0. The second-order valence-electron chi connectivity index (χ2n) is 5.02. The molecular weight excluding hydrogens is 260 g/mol. The molecule has 0 unspecified atom stereocenters. The lowest BCUT2D eigenvalue weighted by Crippen LogP contribution is -2.24. The highest BCUT2D eigenvalue weighted by molar-refractivity contribution is 5.75. The van der Waals surface area contributed by atoms with Gasteiger partial charge in [-0.1, -0.05) is 24.3 Å². The van der Waals surface area contributed by atoms with Gasteiger partial charge in [-0.3, -0.25) is 0 Å². The molecule has 0 saturated heterocycles. The molecule has 2 aromatic rings. The summed E-state index contributed by atoms with van der Waals surface area (Å²) in [6.07, 6.45) is 0.0259. The second kappa shape index (κ2) is 4.87. The van der Waals surface area contributed by atoms with E-state index in [4.69, 9.17) is 10.5 Å². The molecule has 3 rings (SSSR count). The minimum Gasteiger partial charge on any atom is -0.488 e. The van der Waals surface area contributed by atoms with E-state index in [0.717, 1.165) is 11.1 Å². The third-order valence-electron chi connectivity index (χ3n) is 3.68. The largest absolute Gasteiger partial charge is 0.488 e. The first-order valence-electron chi connectivity index (χ1n) is 6.55. The molecule has 1 aliphatic rings. The molecule has 2 N–H and O–H groups in total. The molecule has 2 aromatic carbocycles. The van der Waals surface area contributed by atoms with Gasteiger partial charge in [-0.25, -0.2) is 8.78 Å². The van der Waals surface area contributed by atoms with Crippen LogP contribution < -0.4 is 10.5 Å². The van der Waals surface area contributed by atoms with E-state index in [0.29, 0.717) is 23.3 Å². The Morgan fingerprint density at radius 1 is 1.25 bits per heavy atom. The Morgan fingerprint density at radius 3 is 2.70 bits per heavy atom. The summed E-state index contributed by atoms with van der Waals surface area (Å²) in [6.45, 7) is 2.21. The fourth-order valence-corrected chi connectivity index (χ4v) is 2.62. The summed E-state index contributed by atoms with van der Waals surface area (Å²) < 4.78 is 33.4. The molecule has 0 aromatic heterocycles. The Labute approximate surface area is 116 Å². The maximum absolute atomic E-state index is 13.9. The van der Waals surface area contributed by atoms with Crippen molar-refractivity contribution in [1.82, 2.24) is 0 Å². The maximum atomic E-state index is 13.9. The molecular formula is C16H15F2NO. The zero-order valence-electron chi connectivity index (χ0n) is 11.1. The molecule has 0 amide bonds. The van der Waals surface area contributed by atoms with Crippen molar-refractivity contribution in [2.45, 2.75) is 19.4 Å². The molecule has 0 spiro atoms. The fraction of sp³-hybridized carbons (Fsp3) is 0.250. The molecule has 0 radical (unpaired) electrons. The molecule has 0 aliphatic carbocycles. The van der Waals surface area contributed by atoms with Gasteiger partial charge in [0.15, 0.2) is 11.6 Å². The highest BCUT2D eigenvalue weighted by Crippen LogP contribution is 2.42. The fourth-order valence-electron chi connectivity index (χ4n) is 2.62. The van der Waals surface area contributed by atoms with Gasteiger partial charge in [0.2, 0.25) is 0 Å². The van der Waals surface area contributed by atoms with Gasteiger partial charge in [0.05, 0.1) is 0 Å². The zero-order valence-corrected chi connectivity index (χ0v) is 11.1. The van der Waals surface area contributed by atoms with Gasteiger partial charge in [-0.2, -0.15) is 0 Å². The van der Waals surface area contributed by atoms with Crippen LogP contribution in [-0.2, 0) is 6.42 Å². The van der Waals surface area contributed by atoms with Crippen molar-refractivity contribution in [3.63, 3.8) is 0 Å². The van der Waals surface area contributed by atoms with Crippen LogP contribution in [-0.4, -0.2) is 12.6 Å². The number of aryl methyl sites for hydroxylation is 1. The number of benzene rings is 2. The predicted octanol–water partition coefficient (Wildman–Crippen LogP) is 3.20. The number of ether oxygens (including phenoxy) is 1. The van der Waals surface area contributed by atoms with Gasteiger partial charge >= 0.3 is 0 Å². The third-order valence-corrected chi connectivity index (χ3v) is 3.68. The highest BCUT2D eigenvalue weighted by Gasteiger charge is 2.30. The quantitative estimate of drug-likeness (QED) is 0.913. The van der Waals surface area contributed by atoms with Gasteiger partial charge in [0.1, 0.15) is 11.9 Å². The molecule has 104 valence electrons. The van der Waals surface area contributed by atoms with Gasteiger partial charge in [-0.15, -0.1) is 0 Å². The van der Waals surface area contributed by atoms with E-state index in [1.807, 2.05) is 31.2 Å². The van der Waals surface area contributed by atoms with Gasteiger partial charge in [-0.05, 0) is 24.1 Å². The molecule has 1 atom stereocenters. The number of hydrogen-bond acceptors (Lipinski definition) is 2. The van der Waals surface area contributed by atoms with Crippen molar-refractivity contribution in [2.24, 2.45) is 5.73 Å². The standard InChI is InChI=1S/C16H15F2NO/c1-9-4-2-3-5-11(9)12-7-14(17)15(18)13-6-10(8-19)20-16(12)13/h2-5,7,10H,6,8,19H2,1H3/t10-/m1/s1. The summed E-state index contributed by atoms with van der Waals surface area (Å²) in [7, 11) is 0. The topological polar surface area (TPSA) is 35.2 Å². The minimum absolute atomic E-state index is 0.281. The normalized spacial score (nSPS) is 16.9. The lowest BCUT2D eigenvalue weighted by Gasteiger charge is -2.13. The summed E-state index contributed by atoms with van der Waals surface area (Å²) in [5.74, 6) is -1.25. The van der Waals surface area contributed by atoms with Crippen LogP contribution in [0.3, 0.4) is 0 Å². The first-order chi connectivity index (χ1) is 9.61. The molecule has 1 aliphatic heterocycles. The van der Waals surface area contributed by atoms with Crippen molar-refractivity contribution >= 4 is 0 Å². The second-order valence-corrected chi connectivity index (χ2v) is 5.02. The summed E-state index contributed by atoms with van der Waals surface area (Å²) in [5, 5.41) is 0. The van der Waals surface area contributed by atoms with Crippen LogP contribution in [0.25, 0.3) is 11.1 Å². The lowest BCUT2D eigenvalue weighted by molar-refractivity contribution is 0.242. The Bertz CT molecular complexity index is 670. The van der Waals surface area contributed by atoms with Gasteiger partial charge < -0.3 is 10.5 Å². The van der Waals surface area contributed by atoms with Crippen LogP contribution in [0.2, 0.25) is 0 Å². The summed E-state index contributed by atoms with van der Waals surface area (Å²) in [6, 6.07) is 8.78. The Hall–Kier alpha value is -1.94. The van der Waals surface area contributed by atoms with Gasteiger partial charge in [0, 0.05) is 24.1 Å². The molecule has 1 heterocycles. The highest BCUT2D eigenvalue weighted by atomic mass is 19.2. The number of rotatable bonds is 2. The Kier molecular flexibility index (Phi) is 3.18. The minimum atomic E-state index is -0.844. The third kappa shape index (κ3) is 1.96. The van der Waals surface area contributed by atoms with Crippen molar-refractivity contribution in [2.75, 3.05) is 6.54 Å². The summed E-state index contributed by atoms with van der Waals surface area (Å²) in [4.78, 5) is 0. The zero-order chi connectivity index (χ0) is 14.3. The van der Waals surface area contributed by atoms with E-state index in [1.54, 1.807) is 0 Å². The van der Waals surface area contributed by atoms with Crippen LogP contribution in [0.15, 0.2) is 30.3 Å². The van der Waals surface area contributed by atoms with Crippen molar-refractivity contribution in [3.8, 4) is 16.9 Å².